The molecule has 3 heterocycles. The van der Waals surface area contributed by atoms with Gasteiger partial charge in [0.1, 0.15) is 73.2 Å². The lowest BCUT2D eigenvalue weighted by Gasteiger charge is -2.48. The summed E-state index contributed by atoms with van der Waals surface area (Å²) in [4.78, 5) is 13.5. The van der Waals surface area contributed by atoms with Gasteiger partial charge in [0.2, 0.25) is 5.91 Å². The van der Waals surface area contributed by atoms with Gasteiger partial charge in [-0.15, -0.1) is 0 Å². The van der Waals surface area contributed by atoms with Gasteiger partial charge in [-0.2, -0.15) is 0 Å². The van der Waals surface area contributed by atoms with Crippen molar-refractivity contribution >= 4 is 5.91 Å². The third-order valence-corrected chi connectivity index (χ3v) is 20.1. The summed E-state index contributed by atoms with van der Waals surface area (Å²) in [7, 11) is 0. The van der Waals surface area contributed by atoms with E-state index in [9.17, 15) is 61.0 Å². The summed E-state index contributed by atoms with van der Waals surface area (Å²) < 4.78 is 34.5. The van der Waals surface area contributed by atoms with Crippen molar-refractivity contribution in [2.45, 2.75) is 401 Å². The summed E-state index contributed by atoms with van der Waals surface area (Å²) in [5, 5.41) is 121. The van der Waals surface area contributed by atoms with Crippen molar-refractivity contribution in [3.8, 4) is 0 Å². The molecule has 0 spiro atoms. The molecule has 3 aliphatic rings. The lowest BCUT2D eigenvalue weighted by Crippen LogP contribution is -2.66. The van der Waals surface area contributed by atoms with Crippen molar-refractivity contribution in [1.29, 1.82) is 0 Å². The van der Waals surface area contributed by atoms with E-state index in [1.165, 1.54) is 167 Å². The van der Waals surface area contributed by atoms with E-state index in [-0.39, 0.29) is 18.9 Å². The van der Waals surface area contributed by atoms with Crippen molar-refractivity contribution in [2.75, 3.05) is 26.4 Å². The Morgan fingerprint density at radius 2 is 0.667 bits per heavy atom. The highest BCUT2D eigenvalue weighted by molar-refractivity contribution is 5.76. The van der Waals surface area contributed by atoms with E-state index in [2.05, 4.69) is 116 Å². The molecule has 17 atom stereocenters. The fourth-order valence-electron chi connectivity index (χ4n) is 13.4. The number of amides is 1. The van der Waals surface area contributed by atoms with Gasteiger partial charge in [-0.3, -0.25) is 4.79 Å². The molecule has 606 valence electrons. The summed E-state index contributed by atoms with van der Waals surface area (Å²) >= 11 is 0. The molecule has 0 aromatic rings. The summed E-state index contributed by atoms with van der Waals surface area (Å²) in [5.41, 5.74) is 0. The minimum Gasteiger partial charge on any atom is -0.394 e. The minimum atomic E-state index is -1.99. The Labute approximate surface area is 634 Å². The number of allylic oxidation sites excluding steroid dienone is 17. The average Bonchev–Trinajstić information content (AvgIpc) is 0.780. The maximum Gasteiger partial charge on any atom is 0.220 e. The van der Waals surface area contributed by atoms with Crippen molar-refractivity contribution in [2.24, 2.45) is 0 Å². The van der Waals surface area contributed by atoms with E-state index >= 15 is 0 Å². The second-order valence-electron chi connectivity index (χ2n) is 29.2. The van der Waals surface area contributed by atoms with Gasteiger partial charge >= 0.3 is 0 Å². The van der Waals surface area contributed by atoms with Crippen LogP contribution in [0.25, 0.3) is 0 Å². The standard InChI is InChI=1S/C86H149NO18/c1-3-5-7-9-11-13-15-17-19-21-23-25-27-29-31-32-33-34-35-36-38-40-42-44-46-48-50-52-54-56-58-60-62-64-74(92)87-69(70(91)63-61-59-57-55-53-51-49-47-45-43-41-39-37-30-28-26-24-22-20-18-16-14-12-10-8-6-4-2)68-100-84-80(98)77(95)82(72(66-89)102-84)105-86-81(99)78(96)83(73(67-90)103-86)104-85-79(97)76(94)75(93)71(65-88)101-85/h5,7,11,13,17,19,23,25,29,31,33-34,36,38,53,55,61,63,69-73,75-86,88-91,93-99H,3-4,6,8-10,12,14-16,18,20-22,24,26-28,30,32,35,37,39-52,54,56-60,62,64-68H2,1-2H3,(H,87,92)/b7-5-,13-11-,19-17-,25-23-,31-29-,34-33-,38-36-,55-53+,63-61+. The molecule has 3 rings (SSSR count). The molecule has 19 nitrogen and oxygen atoms in total. The number of aliphatic hydroxyl groups is 11. The first-order valence-electron chi connectivity index (χ1n) is 41.6. The molecular weight excluding hydrogens is 1330 g/mol. The summed E-state index contributed by atoms with van der Waals surface area (Å²) in [6.07, 6.45) is 63.6. The highest BCUT2D eigenvalue weighted by atomic mass is 16.8. The largest absolute Gasteiger partial charge is 0.394 e. The van der Waals surface area contributed by atoms with E-state index in [1.807, 2.05) is 6.08 Å². The second-order valence-corrected chi connectivity index (χ2v) is 29.2. The third-order valence-electron chi connectivity index (χ3n) is 20.1. The predicted octanol–water partition coefficient (Wildman–Crippen LogP) is 14.5. The van der Waals surface area contributed by atoms with Gasteiger partial charge in [-0.1, -0.05) is 309 Å². The SMILES string of the molecule is CC/C=C\C/C=C\C/C=C\C/C=C\C/C=C\C/C=C\C/C=C\CCCCCCCCCCCCCC(=O)NC(COC1OC(CO)C(OC2OC(CO)C(OC3OC(CO)C(O)C(O)C3O)C(O)C2O)C(O)C1O)C(O)/C=C/CC/C=C/CCCCCCCCCCCCCCCCCCCCCCC. The number of aliphatic hydroxyl groups excluding tert-OH is 11. The molecule has 19 heteroatoms. The third kappa shape index (κ3) is 44.8. The zero-order valence-electron chi connectivity index (χ0n) is 64.9. The Balaban J connectivity index is 1.38. The topological polar surface area (TPSA) is 307 Å². The molecule has 1 amide bonds. The second kappa shape index (κ2) is 65.2. The molecule has 0 aliphatic carbocycles. The van der Waals surface area contributed by atoms with Gasteiger partial charge in [0, 0.05) is 6.42 Å². The molecule has 3 saturated heterocycles. The van der Waals surface area contributed by atoms with Crippen LogP contribution in [-0.4, -0.2) is 193 Å². The molecule has 105 heavy (non-hydrogen) atoms. The lowest BCUT2D eigenvalue weighted by molar-refractivity contribution is -0.379. The normalized spacial score (nSPS) is 26.4. The molecule has 0 aromatic heterocycles. The van der Waals surface area contributed by atoms with Crippen LogP contribution >= 0.6 is 0 Å². The van der Waals surface area contributed by atoms with Gasteiger partial charge in [-0.25, -0.2) is 0 Å². The van der Waals surface area contributed by atoms with Crippen molar-refractivity contribution in [3.05, 3.63) is 109 Å². The molecule has 0 saturated carbocycles. The zero-order valence-corrected chi connectivity index (χ0v) is 64.9. The maximum absolute atomic E-state index is 13.5. The van der Waals surface area contributed by atoms with E-state index in [0.29, 0.717) is 12.8 Å². The number of rotatable bonds is 65. The van der Waals surface area contributed by atoms with Crippen LogP contribution in [0.4, 0.5) is 0 Å². The summed E-state index contributed by atoms with van der Waals surface area (Å²) in [5.74, 6) is -0.290. The first-order valence-corrected chi connectivity index (χ1v) is 41.6. The summed E-state index contributed by atoms with van der Waals surface area (Å²) in [6, 6.07) is -1.00. The molecule has 3 fully saturated rings. The Hall–Kier alpha value is -3.55. The van der Waals surface area contributed by atoms with Crippen LogP contribution < -0.4 is 5.32 Å². The molecule has 0 bridgehead atoms. The molecule has 0 aromatic carbocycles. The number of unbranched alkanes of at least 4 members (excludes halogenated alkanes) is 33. The number of carbonyl (C=O) groups is 1. The Morgan fingerprint density at radius 1 is 0.352 bits per heavy atom. The maximum atomic E-state index is 13.5. The summed E-state index contributed by atoms with van der Waals surface area (Å²) in [6.45, 7) is 1.63. The van der Waals surface area contributed by atoms with Crippen molar-refractivity contribution < 1.29 is 89.4 Å². The first-order chi connectivity index (χ1) is 51.3. The molecular formula is C86H149NO18. The average molecular weight is 1490 g/mol. The van der Waals surface area contributed by atoms with Crippen LogP contribution in [0.15, 0.2) is 109 Å². The number of carbonyl (C=O) groups excluding carboxylic acids is 1. The highest BCUT2D eigenvalue weighted by Crippen LogP contribution is 2.33. The Bertz CT molecular complexity index is 2320. The van der Waals surface area contributed by atoms with Crippen molar-refractivity contribution in [3.63, 3.8) is 0 Å². The number of hydrogen-bond acceptors (Lipinski definition) is 18. The zero-order chi connectivity index (χ0) is 76.0. The van der Waals surface area contributed by atoms with Crippen LogP contribution in [-0.2, 0) is 33.2 Å². The van der Waals surface area contributed by atoms with E-state index in [1.54, 1.807) is 6.08 Å². The highest BCUT2D eigenvalue weighted by Gasteiger charge is 2.54. The number of hydrogen-bond donors (Lipinski definition) is 12. The van der Waals surface area contributed by atoms with E-state index < -0.39 is 124 Å². The van der Waals surface area contributed by atoms with Gasteiger partial charge in [0.25, 0.3) is 0 Å². The molecule has 12 N–H and O–H groups in total. The van der Waals surface area contributed by atoms with Crippen molar-refractivity contribution in [1.82, 2.24) is 5.32 Å². The smallest absolute Gasteiger partial charge is 0.220 e. The lowest BCUT2D eigenvalue weighted by atomic mass is 9.96. The Morgan fingerprint density at radius 3 is 1.07 bits per heavy atom. The number of nitrogens with one attached hydrogen (secondary N) is 1. The monoisotopic (exact) mass is 1480 g/mol. The van der Waals surface area contributed by atoms with Crippen LogP contribution in [0.5, 0.6) is 0 Å². The predicted molar refractivity (Wildman–Crippen MR) is 420 cm³/mol. The fraction of sp³-hybridized carbons (Fsp3) is 0.779. The molecule has 0 radical (unpaired) electrons. The minimum absolute atomic E-state index is 0.226. The molecule has 3 aliphatic heterocycles. The Kier molecular flexibility index (Phi) is 59.4. The van der Waals surface area contributed by atoms with E-state index in [0.717, 1.165) is 96.3 Å². The van der Waals surface area contributed by atoms with Gasteiger partial charge in [-0.05, 0) is 89.9 Å². The van der Waals surface area contributed by atoms with Gasteiger partial charge in [0.15, 0.2) is 18.9 Å². The number of ether oxygens (including phenoxy) is 6. The van der Waals surface area contributed by atoms with Gasteiger partial charge in [0.05, 0.1) is 38.6 Å². The van der Waals surface area contributed by atoms with Crippen LogP contribution in [0.3, 0.4) is 0 Å². The quantitative estimate of drug-likeness (QED) is 0.0199. The van der Waals surface area contributed by atoms with Gasteiger partial charge < -0.3 is 89.9 Å². The van der Waals surface area contributed by atoms with Crippen LogP contribution in [0.2, 0.25) is 0 Å². The van der Waals surface area contributed by atoms with E-state index in [4.69, 9.17) is 28.4 Å². The fourth-order valence-corrected chi connectivity index (χ4v) is 13.4. The molecule has 17 unspecified atom stereocenters. The first kappa shape index (κ1) is 95.7. The van der Waals surface area contributed by atoms with Crippen LogP contribution in [0, 0.1) is 0 Å². The van der Waals surface area contributed by atoms with Crippen LogP contribution in [0.1, 0.15) is 296 Å².